The standard InChI is InChI=1S/C19H18N2O8S/c1-9(22)29-7-11-8-30-17-13(16(24)21(17)14(11)19(27)28)20-15(23)12(18(25)26)10-5-3-2-4-6-10/h2-6,12-13,17H,7-8H2,1H3,(H,20,23)(H,25,26)(H,27,28)/t12?,13?,17-/m0/s1. The van der Waals surface area contributed by atoms with Crippen molar-refractivity contribution in [3.05, 3.63) is 47.2 Å². The predicted molar refractivity (Wildman–Crippen MR) is 103 cm³/mol. The second-order valence-electron chi connectivity index (χ2n) is 6.62. The van der Waals surface area contributed by atoms with Gasteiger partial charge in [0.2, 0.25) is 5.91 Å². The molecule has 1 saturated heterocycles. The molecule has 0 saturated carbocycles. The van der Waals surface area contributed by atoms with E-state index in [1.165, 1.54) is 30.8 Å². The molecule has 3 atom stereocenters. The maximum atomic E-state index is 12.6. The number of amides is 2. The number of β-lactam (4-membered cyclic amide) rings is 1. The van der Waals surface area contributed by atoms with Crippen LogP contribution in [0.3, 0.4) is 0 Å². The van der Waals surface area contributed by atoms with Gasteiger partial charge in [-0.3, -0.25) is 24.1 Å². The molecular formula is C19H18N2O8S. The normalized spacial score (nSPS) is 21.2. The van der Waals surface area contributed by atoms with Crippen molar-refractivity contribution in [3.8, 4) is 0 Å². The molecule has 10 nitrogen and oxygen atoms in total. The molecule has 11 heteroatoms. The summed E-state index contributed by atoms with van der Waals surface area (Å²) < 4.78 is 4.86. The zero-order valence-corrected chi connectivity index (χ0v) is 16.5. The number of fused-ring (bicyclic) bond motifs is 1. The SMILES string of the molecule is CC(=O)OCC1=C(C(=O)O)N2C(=O)C(NC(=O)C(C(=O)O)c3ccccc3)[C@@H]2SC1. The number of benzene rings is 1. The Balaban J connectivity index is 1.77. The summed E-state index contributed by atoms with van der Waals surface area (Å²) in [4.78, 5) is 60.6. The van der Waals surface area contributed by atoms with E-state index in [0.717, 1.165) is 4.90 Å². The first-order chi connectivity index (χ1) is 14.2. The molecule has 0 aliphatic carbocycles. The zero-order valence-electron chi connectivity index (χ0n) is 15.7. The highest BCUT2D eigenvalue weighted by Gasteiger charge is 2.54. The lowest BCUT2D eigenvalue weighted by molar-refractivity contribution is -0.152. The lowest BCUT2D eigenvalue weighted by atomic mass is 9.96. The topological polar surface area (TPSA) is 150 Å². The second kappa shape index (κ2) is 8.57. The van der Waals surface area contributed by atoms with E-state index in [1.54, 1.807) is 18.2 Å². The van der Waals surface area contributed by atoms with Gasteiger partial charge in [0, 0.05) is 18.2 Å². The van der Waals surface area contributed by atoms with Crippen LogP contribution >= 0.6 is 11.8 Å². The van der Waals surface area contributed by atoms with Crippen molar-refractivity contribution in [2.24, 2.45) is 0 Å². The highest BCUT2D eigenvalue weighted by Crippen LogP contribution is 2.40. The van der Waals surface area contributed by atoms with Crippen LogP contribution in [0.2, 0.25) is 0 Å². The molecule has 1 aromatic rings. The number of rotatable bonds is 7. The van der Waals surface area contributed by atoms with E-state index in [9.17, 15) is 34.2 Å². The van der Waals surface area contributed by atoms with Gasteiger partial charge in [0.05, 0.1) is 0 Å². The van der Waals surface area contributed by atoms with Crippen molar-refractivity contribution in [1.29, 1.82) is 0 Å². The highest BCUT2D eigenvalue weighted by molar-refractivity contribution is 8.00. The van der Waals surface area contributed by atoms with Crippen molar-refractivity contribution in [1.82, 2.24) is 10.2 Å². The molecule has 2 heterocycles. The fraction of sp³-hybridized carbons (Fsp3) is 0.316. The molecule has 2 amide bonds. The Morgan fingerprint density at radius 3 is 2.47 bits per heavy atom. The van der Waals surface area contributed by atoms with Crippen LogP contribution in [0.4, 0.5) is 0 Å². The molecule has 3 rings (SSSR count). The van der Waals surface area contributed by atoms with Crippen LogP contribution in [0.1, 0.15) is 18.4 Å². The van der Waals surface area contributed by atoms with E-state index < -0.39 is 47.1 Å². The monoisotopic (exact) mass is 434 g/mol. The number of carboxylic acid groups (broad SMARTS) is 2. The number of carbonyl (C=O) groups excluding carboxylic acids is 3. The first-order valence-electron chi connectivity index (χ1n) is 8.83. The maximum Gasteiger partial charge on any atom is 0.352 e. The molecule has 2 unspecified atom stereocenters. The molecule has 1 fully saturated rings. The Bertz CT molecular complexity index is 945. The molecule has 2 aliphatic heterocycles. The van der Waals surface area contributed by atoms with Crippen LogP contribution in [-0.4, -0.2) is 68.6 Å². The van der Waals surface area contributed by atoms with Crippen molar-refractivity contribution >= 4 is 41.5 Å². The van der Waals surface area contributed by atoms with Gasteiger partial charge in [-0.05, 0) is 5.56 Å². The summed E-state index contributed by atoms with van der Waals surface area (Å²) in [6.07, 6.45) is 0. The number of hydrogen-bond donors (Lipinski definition) is 3. The van der Waals surface area contributed by atoms with Crippen LogP contribution in [0, 0.1) is 0 Å². The van der Waals surface area contributed by atoms with E-state index in [-0.39, 0.29) is 29.2 Å². The third-order valence-electron chi connectivity index (χ3n) is 4.64. The number of carboxylic acids is 2. The molecule has 2 aliphatic rings. The fourth-order valence-corrected chi connectivity index (χ4v) is 4.60. The third-order valence-corrected chi connectivity index (χ3v) is 5.98. The molecule has 158 valence electrons. The second-order valence-corrected chi connectivity index (χ2v) is 7.72. The summed E-state index contributed by atoms with van der Waals surface area (Å²) in [6.45, 7) is 0.929. The summed E-state index contributed by atoms with van der Waals surface area (Å²) in [5.74, 6) is -6.16. The zero-order chi connectivity index (χ0) is 22.0. The summed E-state index contributed by atoms with van der Waals surface area (Å²) in [5.41, 5.74) is 0.246. The van der Waals surface area contributed by atoms with Crippen LogP contribution < -0.4 is 5.32 Å². The van der Waals surface area contributed by atoms with Crippen LogP contribution in [-0.2, 0) is 28.7 Å². The lowest BCUT2D eigenvalue weighted by Crippen LogP contribution is -2.71. The Kier molecular flexibility index (Phi) is 6.11. The van der Waals surface area contributed by atoms with Crippen LogP contribution in [0.15, 0.2) is 41.6 Å². The minimum atomic E-state index is -1.50. The maximum absolute atomic E-state index is 12.6. The van der Waals surface area contributed by atoms with Gasteiger partial charge in [-0.25, -0.2) is 4.79 Å². The number of hydrogen-bond acceptors (Lipinski definition) is 7. The first-order valence-corrected chi connectivity index (χ1v) is 9.88. The Morgan fingerprint density at radius 2 is 1.90 bits per heavy atom. The molecular weight excluding hydrogens is 416 g/mol. The average molecular weight is 434 g/mol. The minimum absolute atomic E-state index is 0.177. The fourth-order valence-electron chi connectivity index (χ4n) is 3.27. The number of carbonyl (C=O) groups is 5. The molecule has 3 N–H and O–H groups in total. The predicted octanol–water partition coefficient (Wildman–Crippen LogP) is 0.157. The van der Waals surface area contributed by atoms with E-state index in [4.69, 9.17) is 4.74 Å². The van der Waals surface area contributed by atoms with Crippen LogP contribution in [0.5, 0.6) is 0 Å². The molecule has 0 aromatic heterocycles. The summed E-state index contributed by atoms with van der Waals surface area (Å²) >= 11 is 1.19. The van der Waals surface area contributed by atoms with Gasteiger partial charge in [0.25, 0.3) is 5.91 Å². The van der Waals surface area contributed by atoms with E-state index >= 15 is 0 Å². The smallest absolute Gasteiger partial charge is 0.352 e. The summed E-state index contributed by atoms with van der Waals surface area (Å²) in [6, 6.07) is 6.81. The Hall–Kier alpha value is -3.34. The quantitative estimate of drug-likeness (QED) is 0.310. The number of thioether (sulfide) groups is 1. The van der Waals surface area contributed by atoms with Crippen molar-refractivity contribution in [3.63, 3.8) is 0 Å². The molecule has 0 radical (unpaired) electrons. The molecule has 1 aromatic carbocycles. The molecule has 0 bridgehead atoms. The number of nitrogens with one attached hydrogen (secondary N) is 1. The van der Waals surface area contributed by atoms with E-state index in [1.807, 2.05) is 0 Å². The number of esters is 1. The van der Waals surface area contributed by atoms with Crippen molar-refractivity contribution in [2.75, 3.05) is 12.4 Å². The van der Waals surface area contributed by atoms with Crippen molar-refractivity contribution < 1.29 is 38.9 Å². The third kappa shape index (κ3) is 4.01. The van der Waals surface area contributed by atoms with Gasteiger partial charge in [0.15, 0.2) is 5.92 Å². The number of nitrogens with zero attached hydrogens (tertiary/aromatic N) is 1. The average Bonchev–Trinajstić information content (AvgIpc) is 2.70. The number of ether oxygens (including phenoxy) is 1. The molecule has 30 heavy (non-hydrogen) atoms. The first kappa shape index (κ1) is 21.4. The largest absolute Gasteiger partial charge is 0.480 e. The van der Waals surface area contributed by atoms with E-state index in [2.05, 4.69) is 5.32 Å². The summed E-state index contributed by atoms with van der Waals surface area (Å²) in [7, 11) is 0. The van der Waals surface area contributed by atoms with Gasteiger partial charge >= 0.3 is 17.9 Å². The highest BCUT2D eigenvalue weighted by atomic mass is 32.2. The van der Waals surface area contributed by atoms with E-state index in [0.29, 0.717) is 0 Å². The van der Waals surface area contributed by atoms with Crippen molar-refractivity contribution in [2.45, 2.75) is 24.3 Å². The Labute approximate surface area is 174 Å². The van der Waals surface area contributed by atoms with Gasteiger partial charge in [0.1, 0.15) is 23.7 Å². The van der Waals surface area contributed by atoms with Gasteiger partial charge in [-0.2, -0.15) is 0 Å². The Morgan fingerprint density at radius 1 is 1.23 bits per heavy atom. The van der Waals surface area contributed by atoms with Gasteiger partial charge in [-0.15, -0.1) is 11.8 Å². The van der Waals surface area contributed by atoms with Crippen LogP contribution in [0.25, 0.3) is 0 Å². The lowest BCUT2D eigenvalue weighted by Gasteiger charge is -2.49. The van der Waals surface area contributed by atoms with Gasteiger partial charge in [-0.1, -0.05) is 30.3 Å². The minimum Gasteiger partial charge on any atom is -0.480 e. The van der Waals surface area contributed by atoms with Gasteiger partial charge < -0.3 is 20.3 Å². The summed E-state index contributed by atoms with van der Waals surface area (Å²) in [5, 5.41) is 20.7. The number of aliphatic carboxylic acids is 2. The molecule has 0 spiro atoms.